The number of nitro benzene ring substituents is 1. The van der Waals surface area contributed by atoms with E-state index < -0.39 is 11.3 Å². The molecule has 0 bridgehead atoms. The van der Waals surface area contributed by atoms with Crippen molar-refractivity contribution in [3.8, 4) is 5.75 Å². The second-order valence-electron chi connectivity index (χ2n) is 8.05. The molecule has 0 amide bonds. The molecule has 0 spiro atoms. The molecule has 0 atom stereocenters. The van der Waals surface area contributed by atoms with E-state index in [1.54, 1.807) is 12.1 Å². The van der Waals surface area contributed by atoms with Gasteiger partial charge in [-0.1, -0.05) is 0 Å². The van der Waals surface area contributed by atoms with Crippen LogP contribution in [0.3, 0.4) is 0 Å². The molecular formula is C19H28N7O6PS. The van der Waals surface area contributed by atoms with Crippen LogP contribution >= 0.6 is 17.8 Å². The van der Waals surface area contributed by atoms with Crippen molar-refractivity contribution in [1.82, 2.24) is 14.0 Å². The SMILES string of the molecule is O=[N+]([O-])c1ccc(OC2=NN=NP(N3CCOCC3)(N3CCOCC3)(N3CCOCC3)S2)cc1. The van der Waals surface area contributed by atoms with E-state index in [1.807, 2.05) is 0 Å². The van der Waals surface area contributed by atoms with E-state index in [9.17, 15) is 10.1 Å². The second kappa shape index (κ2) is 10.1. The predicted octanol–water partition coefficient (Wildman–Crippen LogP) is 2.57. The molecule has 1 aromatic carbocycles. The molecular weight excluding hydrogens is 485 g/mol. The van der Waals surface area contributed by atoms with Gasteiger partial charge >= 0.3 is 201 Å². The van der Waals surface area contributed by atoms with E-state index in [0.29, 0.717) is 89.9 Å². The van der Waals surface area contributed by atoms with Gasteiger partial charge in [0, 0.05) is 0 Å². The standard InChI is InChI=1S/C19H28N7O6PS/c27-26(28)17-1-3-18(4-2-17)32-19-20-21-22-33(34-19,23-5-11-29-12-6-23,24-7-13-30-14-8-24)25-9-15-31-16-10-25/h1-4H,5-16H2. The molecule has 3 saturated heterocycles. The normalized spacial score (nSPS) is 27.3. The maximum absolute atomic E-state index is 11.0. The molecule has 15 heteroatoms. The Morgan fingerprint density at radius 1 is 0.853 bits per heavy atom. The van der Waals surface area contributed by atoms with Crippen molar-refractivity contribution < 1.29 is 23.9 Å². The summed E-state index contributed by atoms with van der Waals surface area (Å²) in [4.78, 5) is 15.6. The molecule has 0 unspecified atom stereocenters. The first-order chi connectivity index (χ1) is 16.6. The first-order valence-corrected chi connectivity index (χ1v) is 14.7. The number of rotatable bonds is 5. The average Bonchev–Trinajstić information content (AvgIpc) is 2.91. The van der Waals surface area contributed by atoms with Crippen molar-refractivity contribution in [3.05, 3.63) is 34.4 Å². The van der Waals surface area contributed by atoms with E-state index in [1.165, 1.54) is 23.5 Å². The Morgan fingerprint density at radius 3 is 1.76 bits per heavy atom. The first-order valence-electron chi connectivity index (χ1n) is 11.3. The van der Waals surface area contributed by atoms with Gasteiger partial charge in [-0.2, -0.15) is 0 Å². The molecule has 13 nitrogen and oxygen atoms in total. The fourth-order valence-corrected chi connectivity index (χ4v) is 13.5. The van der Waals surface area contributed by atoms with Gasteiger partial charge in [0.1, 0.15) is 0 Å². The van der Waals surface area contributed by atoms with Crippen LogP contribution in [0.25, 0.3) is 0 Å². The van der Waals surface area contributed by atoms with Crippen molar-refractivity contribution in [3.63, 3.8) is 0 Å². The summed E-state index contributed by atoms with van der Waals surface area (Å²) < 4.78 is 30.5. The second-order valence-corrected chi connectivity index (χ2v) is 14.7. The van der Waals surface area contributed by atoms with Crippen LogP contribution in [0.4, 0.5) is 5.69 Å². The van der Waals surface area contributed by atoms with Crippen molar-refractivity contribution in [2.24, 2.45) is 15.2 Å². The van der Waals surface area contributed by atoms with Gasteiger partial charge in [0.15, 0.2) is 0 Å². The van der Waals surface area contributed by atoms with Crippen LogP contribution in [0, 0.1) is 10.1 Å². The first kappa shape index (κ1) is 23.9. The van der Waals surface area contributed by atoms with Gasteiger partial charge in [0.2, 0.25) is 0 Å². The van der Waals surface area contributed by atoms with Crippen LogP contribution in [0.15, 0.2) is 39.5 Å². The third kappa shape index (κ3) is 4.22. The molecule has 0 N–H and O–H groups in total. The number of morpholine rings is 3. The molecule has 3 fully saturated rings. The number of hydrogen-bond acceptors (Lipinski definition) is 13. The van der Waals surface area contributed by atoms with Gasteiger partial charge in [-0.05, 0) is 0 Å². The maximum atomic E-state index is 11.0. The Bertz CT molecular complexity index is 901. The summed E-state index contributed by atoms with van der Waals surface area (Å²) in [6, 6.07) is 5.97. The third-order valence-electron chi connectivity index (χ3n) is 6.26. The summed E-state index contributed by atoms with van der Waals surface area (Å²) in [7, 11) is 0. The predicted molar refractivity (Wildman–Crippen MR) is 128 cm³/mol. The molecule has 5 rings (SSSR count). The summed E-state index contributed by atoms with van der Waals surface area (Å²) in [5, 5.41) is 20.0. The third-order valence-corrected chi connectivity index (χ3v) is 15.2. The number of ether oxygens (including phenoxy) is 4. The van der Waals surface area contributed by atoms with Gasteiger partial charge in [-0.25, -0.2) is 0 Å². The fraction of sp³-hybridized carbons (Fsp3) is 0.632. The minimum absolute atomic E-state index is 0.000136. The molecule has 1 aromatic rings. The van der Waals surface area contributed by atoms with Crippen LogP contribution < -0.4 is 4.74 Å². The van der Waals surface area contributed by atoms with Gasteiger partial charge < -0.3 is 0 Å². The zero-order valence-electron chi connectivity index (χ0n) is 18.7. The van der Waals surface area contributed by atoms with E-state index in [0.717, 1.165) is 0 Å². The zero-order valence-corrected chi connectivity index (χ0v) is 20.4. The van der Waals surface area contributed by atoms with Crippen LogP contribution in [-0.2, 0) is 14.2 Å². The number of nitro groups is 1. The van der Waals surface area contributed by atoms with E-state index in [-0.39, 0.29) is 5.69 Å². The molecule has 0 aliphatic carbocycles. The van der Waals surface area contributed by atoms with Crippen molar-refractivity contribution in [2.75, 3.05) is 78.9 Å². The van der Waals surface area contributed by atoms with Crippen LogP contribution in [0.5, 0.6) is 5.75 Å². The van der Waals surface area contributed by atoms with E-state index in [2.05, 4.69) is 24.3 Å². The molecule has 0 radical (unpaired) electrons. The summed E-state index contributed by atoms with van der Waals surface area (Å²) in [5.74, 6) is 0.455. The monoisotopic (exact) mass is 513 g/mol. The van der Waals surface area contributed by atoms with Gasteiger partial charge in [-0.15, -0.1) is 0 Å². The van der Waals surface area contributed by atoms with Crippen molar-refractivity contribution in [1.29, 1.82) is 0 Å². The Morgan fingerprint density at radius 2 is 1.32 bits per heavy atom. The average molecular weight is 514 g/mol. The molecule has 34 heavy (non-hydrogen) atoms. The van der Waals surface area contributed by atoms with Crippen LogP contribution in [-0.4, -0.2) is 103 Å². The van der Waals surface area contributed by atoms with Crippen molar-refractivity contribution >= 4 is 28.7 Å². The minimum atomic E-state index is -3.52. The fourth-order valence-electron chi connectivity index (χ4n) is 4.67. The zero-order chi connectivity index (χ0) is 23.5. The Hall–Kier alpha value is -1.77. The van der Waals surface area contributed by atoms with Crippen LogP contribution in [0.2, 0.25) is 0 Å². The van der Waals surface area contributed by atoms with Gasteiger partial charge in [0.05, 0.1) is 0 Å². The Kier molecular flexibility index (Phi) is 7.09. The summed E-state index contributed by atoms with van der Waals surface area (Å²) >= 11 is 1.53. The quantitative estimate of drug-likeness (QED) is 0.329. The Labute approximate surface area is 201 Å². The molecule has 0 saturated carbocycles. The van der Waals surface area contributed by atoms with E-state index in [4.69, 9.17) is 23.8 Å². The number of nitrogens with zero attached hydrogens (tertiary/aromatic N) is 7. The van der Waals surface area contributed by atoms with Gasteiger partial charge in [0.25, 0.3) is 0 Å². The Balaban J connectivity index is 1.54. The van der Waals surface area contributed by atoms with E-state index >= 15 is 0 Å². The number of hydrogen-bond donors (Lipinski definition) is 0. The summed E-state index contributed by atoms with van der Waals surface area (Å²) in [6.45, 7) is 7.93. The number of non-ortho nitro benzene ring substituents is 1. The molecule has 0 aromatic heterocycles. The van der Waals surface area contributed by atoms with Crippen LogP contribution in [0.1, 0.15) is 0 Å². The summed E-state index contributed by atoms with van der Waals surface area (Å²) in [5.41, 5.74) is -0.000136. The molecule has 186 valence electrons. The van der Waals surface area contributed by atoms with Gasteiger partial charge in [-0.3, -0.25) is 0 Å². The van der Waals surface area contributed by atoms with Crippen molar-refractivity contribution in [2.45, 2.75) is 0 Å². The summed E-state index contributed by atoms with van der Waals surface area (Å²) in [6.07, 6.45) is -3.52. The number of benzene rings is 1. The topological polar surface area (TPSA) is 127 Å². The molecule has 4 aliphatic rings. The molecule has 4 aliphatic heterocycles. The molecule has 4 heterocycles.